The minimum atomic E-state index is -2.87. The van der Waals surface area contributed by atoms with Crippen LogP contribution in [0.3, 0.4) is 0 Å². The molecule has 0 aliphatic rings. The Kier molecular flexibility index (Phi) is 4.89. The Hall–Kier alpha value is -1.26. The molecule has 0 spiro atoms. The monoisotopic (exact) mass is 339 g/mol. The molecule has 0 aliphatic heterocycles. The van der Waals surface area contributed by atoms with Gasteiger partial charge in [-0.15, -0.1) is 0 Å². The molecule has 1 nitrogen and oxygen atoms in total. The molecule has 0 heterocycles. The summed E-state index contributed by atoms with van der Waals surface area (Å²) in [5, 5.41) is 2.89. The highest BCUT2D eigenvalue weighted by atomic mass is 79.9. The fourth-order valence-electron chi connectivity index (χ4n) is 1.93. The van der Waals surface area contributed by atoms with E-state index in [2.05, 4.69) is 21.2 Å². The number of rotatable bonds is 5. The SMILES string of the molecule is C[C@H](NCC(F)(F)c1ccccc1)c1ccc(Br)cc1. The van der Waals surface area contributed by atoms with Crippen molar-refractivity contribution in [2.45, 2.75) is 18.9 Å². The van der Waals surface area contributed by atoms with Gasteiger partial charge in [0, 0.05) is 16.1 Å². The second-order valence-electron chi connectivity index (χ2n) is 4.72. The third-order valence-electron chi connectivity index (χ3n) is 3.20. The molecule has 2 rings (SSSR count). The summed E-state index contributed by atoms with van der Waals surface area (Å²) in [6, 6.07) is 15.4. The van der Waals surface area contributed by atoms with E-state index < -0.39 is 5.92 Å². The first-order valence-electron chi connectivity index (χ1n) is 6.41. The highest BCUT2D eigenvalue weighted by Gasteiger charge is 2.31. The van der Waals surface area contributed by atoms with Crippen molar-refractivity contribution in [1.82, 2.24) is 5.32 Å². The summed E-state index contributed by atoms with van der Waals surface area (Å²) in [6.07, 6.45) is 0. The van der Waals surface area contributed by atoms with E-state index in [0.29, 0.717) is 0 Å². The Balaban J connectivity index is 1.99. The van der Waals surface area contributed by atoms with Crippen LogP contribution < -0.4 is 5.32 Å². The van der Waals surface area contributed by atoms with Crippen LogP contribution in [0.5, 0.6) is 0 Å². The molecule has 0 aliphatic carbocycles. The number of benzene rings is 2. The van der Waals surface area contributed by atoms with E-state index in [1.807, 2.05) is 31.2 Å². The van der Waals surface area contributed by atoms with Crippen molar-refractivity contribution in [1.29, 1.82) is 0 Å². The molecule has 20 heavy (non-hydrogen) atoms. The summed E-state index contributed by atoms with van der Waals surface area (Å²) in [5.41, 5.74) is 1.02. The predicted molar refractivity (Wildman–Crippen MR) is 80.9 cm³/mol. The fourth-order valence-corrected chi connectivity index (χ4v) is 2.20. The van der Waals surface area contributed by atoms with Crippen LogP contribution in [0.15, 0.2) is 59.1 Å². The predicted octanol–water partition coefficient (Wildman–Crippen LogP) is 4.89. The van der Waals surface area contributed by atoms with Gasteiger partial charge in [0.25, 0.3) is 5.92 Å². The molecule has 0 saturated heterocycles. The van der Waals surface area contributed by atoms with Crippen molar-refractivity contribution in [2.75, 3.05) is 6.54 Å². The minimum absolute atomic E-state index is 0.0375. The smallest absolute Gasteiger partial charge is 0.285 e. The van der Waals surface area contributed by atoms with Crippen LogP contribution in [0.4, 0.5) is 8.78 Å². The summed E-state index contributed by atoms with van der Waals surface area (Å²) in [4.78, 5) is 0. The Bertz CT molecular complexity index is 540. The first kappa shape index (κ1) is 15.1. The van der Waals surface area contributed by atoms with E-state index in [9.17, 15) is 8.78 Å². The zero-order valence-electron chi connectivity index (χ0n) is 11.1. The molecule has 2 aromatic rings. The number of hydrogen-bond acceptors (Lipinski definition) is 1. The average Bonchev–Trinajstić information content (AvgIpc) is 2.46. The van der Waals surface area contributed by atoms with Gasteiger partial charge in [0.05, 0.1) is 6.54 Å². The van der Waals surface area contributed by atoms with Gasteiger partial charge in [-0.1, -0.05) is 58.4 Å². The van der Waals surface area contributed by atoms with Gasteiger partial charge in [-0.25, -0.2) is 0 Å². The summed E-state index contributed by atoms with van der Waals surface area (Å²) in [7, 11) is 0. The van der Waals surface area contributed by atoms with E-state index in [1.165, 1.54) is 12.1 Å². The number of alkyl halides is 2. The lowest BCUT2D eigenvalue weighted by atomic mass is 10.1. The maximum absolute atomic E-state index is 14.0. The molecule has 0 fully saturated rings. The van der Waals surface area contributed by atoms with Crippen molar-refractivity contribution in [2.24, 2.45) is 0 Å². The van der Waals surface area contributed by atoms with Gasteiger partial charge in [0.1, 0.15) is 0 Å². The van der Waals surface area contributed by atoms with Crippen molar-refractivity contribution in [3.63, 3.8) is 0 Å². The Morgan fingerprint density at radius 2 is 1.65 bits per heavy atom. The van der Waals surface area contributed by atoms with Gasteiger partial charge in [0.2, 0.25) is 0 Å². The van der Waals surface area contributed by atoms with E-state index in [4.69, 9.17) is 0 Å². The first-order valence-corrected chi connectivity index (χ1v) is 7.20. The molecular weight excluding hydrogens is 324 g/mol. The Morgan fingerprint density at radius 3 is 2.25 bits per heavy atom. The summed E-state index contributed by atoms with van der Waals surface area (Å²) < 4.78 is 29.0. The summed E-state index contributed by atoms with van der Waals surface area (Å²) in [5.74, 6) is -2.87. The fraction of sp³-hybridized carbons (Fsp3) is 0.250. The first-order chi connectivity index (χ1) is 9.49. The molecule has 2 aromatic carbocycles. The van der Waals surface area contributed by atoms with Crippen LogP contribution in [-0.4, -0.2) is 6.54 Å². The molecule has 4 heteroatoms. The maximum atomic E-state index is 14.0. The van der Waals surface area contributed by atoms with Gasteiger partial charge < -0.3 is 5.32 Å². The lowest BCUT2D eigenvalue weighted by Gasteiger charge is -2.21. The largest absolute Gasteiger partial charge is 0.304 e. The molecular formula is C16H16BrF2N. The second kappa shape index (κ2) is 6.46. The summed E-state index contributed by atoms with van der Waals surface area (Å²) >= 11 is 3.36. The Labute approximate surface area is 126 Å². The molecule has 106 valence electrons. The minimum Gasteiger partial charge on any atom is -0.304 e. The van der Waals surface area contributed by atoms with Crippen LogP contribution in [0, 0.1) is 0 Å². The number of nitrogens with one attached hydrogen (secondary N) is 1. The quantitative estimate of drug-likeness (QED) is 0.817. The van der Waals surface area contributed by atoms with E-state index >= 15 is 0 Å². The average molecular weight is 340 g/mol. The van der Waals surface area contributed by atoms with E-state index in [-0.39, 0.29) is 18.2 Å². The Morgan fingerprint density at radius 1 is 1.05 bits per heavy atom. The zero-order valence-corrected chi connectivity index (χ0v) is 12.7. The van der Waals surface area contributed by atoms with Crippen molar-refractivity contribution in [3.8, 4) is 0 Å². The molecule has 1 atom stereocenters. The normalized spacial score (nSPS) is 13.2. The topological polar surface area (TPSA) is 12.0 Å². The van der Waals surface area contributed by atoms with Gasteiger partial charge in [-0.2, -0.15) is 8.78 Å². The van der Waals surface area contributed by atoms with Gasteiger partial charge in [-0.3, -0.25) is 0 Å². The third kappa shape index (κ3) is 3.87. The number of hydrogen-bond donors (Lipinski definition) is 1. The third-order valence-corrected chi connectivity index (χ3v) is 3.73. The maximum Gasteiger partial charge on any atom is 0.285 e. The van der Waals surface area contributed by atoms with Crippen molar-refractivity contribution >= 4 is 15.9 Å². The molecule has 0 radical (unpaired) electrons. The number of halogens is 3. The lowest BCUT2D eigenvalue weighted by molar-refractivity contribution is -0.00534. The van der Waals surface area contributed by atoms with Crippen LogP contribution >= 0.6 is 15.9 Å². The van der Waals surface area contributed by atoms with Gasteiger partial charge in [-0.05, 0) is 24.6 Å². The lowest BCUT2D eigenvalue weighted by Crippen LogP contribution is -2.32. The molecule has 0 amide bonds. The van der Waals surface area contributed by atoms with Gasteiger partial charge in [0.15, 0.2) is 0 Å². The highest BCUT2D eigenvalue weighted by molar-refractivity contribution is 9.10. The zero-order chi connectivity index (χ0) is 14.6. The molecule has 0 unspecified atom stereocenters. The van der Waals surface area contributed by atoms with Crippen LogP contribution in [0.2, 0.25) is 0 Å². The van der Waals surface area contributed by atoms with E-state index in [1.54, 1.807) is 18.2 Å². The summed E-state index contributed by atoms with van der Waals surface area (Å²) in [6.45, 7) is 1.50. The van der Waals surface area contributed by atoms with E-state index in [0.717, 1.165) is 10.0 Å². The van der Waals surface area contributed by atoms with Crippen molar-refractivity contribution < 1.29 is 8.78 Å². The molecule has 1 N–H and O–H groups in total. The molecule has 0 aromatic heterocycles. The van der Waals surface area contributed by atoms with Gasteiger partial charge >= 0.3 is 0 Å². The standard InChI is InChI=1S/C16H16BrF2N/c1-12(13-7-9-15(17)10-8-13)20-11-16(18,19)14-5-3-2-4-6-14/h2-10,12,20H,11H2,1H3/t12-/m0/s1. The second-order valence-corrected chi connectivity index (χ2v) is 5.64. The van der Waals surface area contributed by atoms with Crippen LogP contribution in [-0.2, 0) is 5.92 Å². The van der Waals surface area contributed by atoms with Crippen LogP contribution in [0.1, 0.15) is 24.1 Å². The molecule has 0 bridgehead atoms. The van der Waals surface area contributed by atoms with Crippen molar-refractivity contribution in [3.05, 3.63) is 70.2 Å². The van der Waals surface area contributed by atoms with Crippen LogP contribution in [0.25, 0.3) is 0 Å². The highest BCUT2D eigenvalue weighted by Crippen LogP contribution is 2.27. The molecule has 0 saturated carbocycles.